The van der Waals surface area contributed by atoms with Crippen molar-refractivity contribution in [2.75, 3.05) is 13.1 Å². The Labute approximate surface area is 144 Å². The second-order valence-electron chi connectivity index (χ2n) is 6.42. The zero-order chi connectivity index (χ0) is 17.2. The number of likely N-dealkylation sites (tertiary alicyclic amines) is 1. The largest absolute Gasteiger partial charge is 0.481 e. The van der Waals surface area contributed by atoms with E-state index in [-0.39, 0.29) is 12.5 Å². The summed E-state index contributed by atoms with van der Waals surface area (Å²) in [7, 11) is 0. The van der Waals surface area contributed by atoms with Gasteiger partial charge in [0.05, 0.1) is 9.89 Å². The molecule has 0 radical (unpaired) electrons. The van der Waals surface area contributed by atoms with Crippen molar-refractivity contribution in [3.05, 3.63) is 28.2 Å². The smallest absolute Gasteiger partial charge is 0.311 e. The molecule has 1 N–H and O–H groups in total. The number of ether oxygens (including phenoxy) is 1. The van der Waals surface area contributed by atoms with Gasteiger partial charge >= 0.3 is 5.97 Å². The molecule has 1 fully saturated rings. The molecule has 6 heteroatoms. The van der Waals surface area contributed by atoms with Crippen LogP contribution in [0.15, 0.2) is 22.7 Å². The number of piperidine rings is 1. The Morgan fingerprint density at radius 2 is 2.13 bits per heavy atom. The van der Waals surface area contributed by atoms with Crippen LogP contribution in [0.5, 0.6) is 5.75 Å². The summed E-state index contributed by atoms with van der Waals surface area (Å²) in [5, 5.41) is 9.36. The van der Waals surface area contributed by atoms with Crippen LogP contribution in [0, 0.1) is 12.3 Å². The summed E-state index contributed by atoms with van der Waals surface area (Å²) in [6.07, 6.45) is 0.616. The Hall–Kier alpha value is -1.56. The Kier molecular flexibility index (Phi) is 5.34. The number of carboxylic acid groups (broad SMARTS) is 1. The molecule has 1 aliphatic rings. The van der Waals surface area contributed by atoms with Gasteiger partial charge in [-0.15, -0.1) is 0 Å². The van der Waals surface area contributed by atoms with Crippen LogP contribution in [-0.4, -0.2) is 41.1 Å². The number of amides is 1. The van der Waals surface area contributed by atoms with E-state index in [2.05, 4.69) is 15.9 Å². The molecule has 126 valence electrons. The molecule has 5 nitrogen and oxygen atoms in total. The van der Waals surface area contributed by atoms with Crippen LogP contribution in [0.4, 0.5) is 0 Å². The van der Waals surface area contributed by atoms with E-state index in [0.29, 0.717) is 25.1 Å². The number of hydrogen-bond donors (Lipinski definition) is 1. The van der Waals surface area contributed by atoms with Gasteiger partial charge in [0.2, 0.25) is 0 Å². The third-order valence-electron chi connectivity index (χ3n) is 4.26. The topological polar surface area (TPSA) is 66.8 Å². The number of halogens is 1. The van der Waals surface area contributed by atoms with Gasteiger partial charge in [-0.2, -0.15) is 0 Å². The second-order valence-corrected chi connectivity index (χ2v) is 7.28. The van der Waals surface area contributed by atoms with Crippen LogP contribution in [-0.2, 0) is 9.59 Å². The van der Waals surface area contributed by atoms with Gasteiger partial charge in [-0.1, -0.05) is 6.07 Å². The van der Waals surface area contributed by atoms with Crippen LogP contribution in [0.25, 0.3) is 0 Å². The van der Waals surface area contributed by atoms with Gasteiger partial charge in [-0.3, -0.25) is 9.59 Å². The van der Waals surface area contributed by atoms with Crippen LogP contribution in [0.2, 0.25) is 0 Å². The lowest BCUT2D eigenvalue weighted by Crippen LogP contribution is -2.51. The minimum Gasteiger partial charge on any atom is -0.481 e. The molecule has 2 atom stereocenters. The highest BCUT2D eigenvalue weighted by Gasteiger charge is 2.40. The van der Waals surface area contributed by atoms with Crippen molar-refractivity contribution in [3.8, 4) is 5.75 Å². The summed E-state index contributed by atoms with van der Waals surface area (Å²) in [6.45, 7) is 6.16. The van der Waals surface area contributed by atoms with Crippen molar-refractivity contribution in [1.82, 2.24) is 4.90 Å². The molecule has 0 spiro atoms. The van der Waals surface area contributed by atoms with E-state index in [1.807, 2.05) is 25.1 Å². The van der Waals surface area contributed by atoms with E-state index in [9.17, 15) is 14.7 Å². The molecule has 2 rings (SSSR count). The van der Waals surface area contributed by atoms with Crippen molar-refractivity contribution in [2.24, 2.45) is 5.41 Å². The molecule has 1 amide bonds. The summed E-state index contributed by atoms with van der Waals surface area (Å²) in [4.78, 5) is 25.6. The van der Waals surface area contributed by atoms with Crippen molar-refractivity contribution in [1.29, 1.82) is 0 Å². The first-order chi connectivity index (χ1) is 10.7. The van der Waals surface area contributed by atoms with Gasteiger partial charge in [0.15, 0.2) is 6.10 Å². The highest BCUT2D eigenvalue weighted by atomic mass is 79.9. The lowest BCUT2D eigenvalue weighted by Gasteiger charge is -2.38. The van der Waals surface area contributed by atoms with Crippen molar-refractivity contribution >= 4 is 27.8 Å². The number of carbonyl (C=O) groups excluding carboxylic acids is 1. The van der Waals surface area contributed by atoms with Gasteiger partial charge in [-0.05, 0) is 67.2 Å². The predicted octanol–water partition coefficient (Wildman–Crippen LogP) is 3.24. The number of aliphatic carboxylic acids is 1. The molecule has 0 aromatic heterocycles. The Balaban J connectivity index is 2.06. The molecule has 1 aromatic carbocycles. The van der Waals surface area contributed by atoms with Crippen molar-refractivity contribution in [2.45, 2.75) is 39.7 Å². The SMILES string of the molecule is Cc1ccc(OC(C)C(=O)N2CCCC(C)(C(=O)O)C2)c(Br)c1. The Morgan fingerprint density at radius 3 is 2.74 bits per heavy atom. The quantitative estimate of drug-likeness (QED) is 0.866. The fourth-order valence-electron chi connectivity index (χ4n) is 2.80. The number of rotatable bonds is 4. The molecule has 2 unspecified atom stereocenters. The first-order valence-corrected chi connectivity index (χ1v) is 8.47. The number of aryl methyl sites for hydroxylation is 1. The molecule has 0 bridgehead atoms. The monoisotopic (exact) mass is 383 g/mol. The van der Waals surface area contributed by atoms with E-state index >= 15 is 0 Å². The lowest BCUT2D eigenvalue weighted by molar-refractivity contribution is -0.155. The van der Waals surface area contributed by atoms with Crippen LogP contribution >= 0.6 is 15.9 Å². The molecular formula is C17H22BrNO4. The Bertz CT molecular complexity index is 619. The number of hydrogen-bond acceptors (Lipinski definition) is 3. The first kappa shape index (κ1) is 17.8. The molecule has 1 aromatic rings. The summed E-state index contributed by atoms with van der Waals surface area (Å²) >= 11 is 3.43. The van der Waals surface area contributed by atoms with Gasteiger partial charge in [0.25, 0.3) is 5.91 Å². The van der Waals surface area contributed by atoms with Crippen LogP contribution in [0.1, 0.15) is 32.3 Å². The summed E-state index contributed by atoms with van der Waals surface area (Å²) in [6, 6.07) is 5.66. The van der Waals surface area contributed by atoms with Crippen molar-refractivity contribution in [3.63, 3.8) is 0 Å². The molecule has 0 saturated carbocycles. The highest BCUT2D eigenvalue weighted by molar-refractivity contribution is 9.10. The Morgan fingerprint density at radius 1 is 1.43 bits per heavy atom. The molecule has 1 aliphatic heterocycles. The molecule has 1 heterocycles. The highest BCUT2D eigenvalue weighted by Crippen LogP contribution is 2.31. The number of carbonyl (C=O) groups is 2. The fraction of sp³-hybridized carbons (Fsp3) is 0.529. The predicted molar refractivity (Wildman–Crippen MR) is 90.5 cm³/mol. The molecule has 23 heavy (non-hydrogen) atoms. The van der Waals surface area contributed by atoms with Crippen LogP contribution in [0.3, 0.4) is 0 Å². The first-order valence-electron chi connectivity index (χ1n) is 7.68. The summed E-state index contributed by atoms with van der Waals surface area (Å²) in [5.41, 5.74) is 0.217. The summed E-state index contributed by atoms with van der Waals surface area (Å²) in [5.74, 6) is -0.427. The number of benzene rings is 1. The van der Waals surface area contributed by atoms with E-state index in [4.69, 9.17) is 4.74 Å². The third kappa shape index (κ3) is 4.05. The minimum absolute atomic E-state index is 0.176. The molecule has 0 aliphatic carbocycles. The maximum Gasteiger partial charge on any atom is 0.311 e. The zero-order valence-electron chi connectivity index (χ0n) is 13.6. The van der Waals surface area contributed by atoms with E-state index in [1.165, 1.54) is 0 Å². The summed E-state index contributed by atoms with van der Waals surface area (Å²) < 4.78 is 6.56. The average molecular weight is 384 g/mol. The number of nitrogens with zero attached hydrogens (tertiary/aromatic N) is 1. The number of carboxylic acids is 1. The zero-order valence-corrected chi connectivity index (χ0v) is 15.2. The molecular weight excluding hydrogens is 362 g/mol. The minimum atomic E-state index is -0.877. The van der Waals surface area contributed by atoms with E-state index in [0.717, 1.165) is 10.0 Å². The molecule has 1 saturated heterocycles. The van der Waals surface area contributed by atoms with Gasteiger partial charge in [-0.25, -0.2) is 0 Å². The lowest BCUT2D eigenvalue weighted by atomic mass is 9.82. The average Bonchev–Trinajstić information content (AvgIpc) is 2.49. The fourth-order valence-corrected chi connectivity index (χ4v) is 3.39. The van der Waals surface area contributed by atoms with Crippen molar-refractivity contribution < 1.29 is 19.4 Å². The maximum atomic E-state index is 12.6. The van der Waals surface area contributed by atoms with E-state index in [1.54, 1.807) is 18.7 Å². The normalized spacial score (nSPS) is 22.5. The van der Waals surface area contributed by atoms with Crippen LogP contribution < -0.4 is 4.74 Å². The third-order valence-corrected chi connectivity index (χ3v) is 4.88. The standard InChI is InChI=1S/C17H22BrNO4/c1-11-5-6-14(13(18)9-11)23-12(2)15(20)19-8-4-7-17(3,10-19)16(21)22/h5-6,9,12H,4,7-8,10H2,1-3H3,(H,21,22). The maximum absolute atomic E-state index is 12.6. The van der Waals surface area contributed by atoms with Gasteiger partial charge in [0.1, 0.15) is 5.75 Å². The van der Waals surface area contributed by atoms with Gasteiger partial charge in [0, 0.05) is 13.1 Å². The van der Waals surface area contributed by atoms with Gasteiger partial charge < -0.3 is 14.7 Å². The second kappa shape index (κ2) is 6.91. The van der Waals surface area contributed by atoms with E-state index < -0.39 is 17.5 Å².